The van der Waals surface area contributed by atoms with Crippen LogP contribution in [0.1, 0.15) is 6.85 Å². The molecule has 8 rings (SSSR count). The van der Waals surface area contributed by atoms with Crippen LogP contribution in [0, 0.1) is 0 Å². The van der Waals surface area contributed by atoms with Crippen molar-refractivity contribution in [3.8, 4) is 33.4 Å². The molecule has 1 aromatic heterocycles. The molecule has 8 aromatic rings. The summed E-state index contributed by atoms with van der Waals surface area (Å²) in [6, 6.07) is 37.4. The summed E-state index contributed by atoms with van der Waals surface area (Å²) >= 11 is 0. The van der Waals surface area contributed by atoms with E-state index in [2.05, 4.69) is 60.7 Å². The molecule has 7 aromatic carbocycles. The van der Waals surface area contributed by atoms with Gasteiger partial charge in [-0.3, -0.25) is 0 Å². The maximum absolute atomic E-state index is 8.42. The van der Waals surface area contributed by atoms with Crippen molar-refractivity contribution < 1.29 is 11.3 Å². The molecule has 0 amide bonds. The zero-order chi connectivity index (χ0) is 30.1. The first kappa shape index (κ1) is 17.4. The predicted molar refractivity (Wildman–Crippen MR) is 165 cm³/mol. The average Bonchev–Trinajstić information content (AvgIpc) is 3.45. The van der Waals surface area contributed by atoms with Crippen LogP contribution in [-0.4, -0.2) is 0 Å². The lowest BCUT2D eigenvalue weighted by Gasteiger charge is -2.18. The van der Waals surface area contributed by atoms with E-state index in [1.54, 1.807) is 0 Å². The topological polar surface area (TPSA) is 13.1 Å². The maximum Gasteiger partial charge on any atom is 0.143 e. The van der Waals surface area contributed by atoms with Gasteiger partial charge in [0.1, 0.15) is 11.2 Å². The van der Waals surface area contributed by atoms with Crippen molar-refractivity contribution in [2.75, 3.05) is 0 Å². The third-order valence-electron chi connectivity index (χ3n) is 7.57. The summed E-state index contributed by atoms with van der Waals surface area (Å²) in [6.45, 7) is 0. The number of para-hydroxylation sites is 2. The molecular formula is C38H24O. The first-order valence-electron chi connectivity index (χ1n) is 15.5. The second-order valence-electron chi connectivity index (χ2n) is 9.70. The number of rotatable bonds is 3. The van der Waals surface area contributed by atoms with Crippen LogP contribution in [-0.2, 0) is 0 Å². The largest absolute Gasteiger partial charge is 0.455 e. The van der Waals surface area contributed by atoms with Gasteiger partial charge in [-0.2, -0.15) is 0 Å². The Hall–Kier alpha value is -5.14. The van der Waals surface area contributed by atoms with Crippen LogP contribution in [0.15, 0.2) is 150 Å². The van der Waals surface area contributed by atoms with Crippen LogP contribution in [0.3, 0.4) is 0 Å². The zero-order valence-electron chi connectivity index (χ0n) is 25.9. The Kier molecular flexibility index (Phi) is 3.89. The number of benzene rings is 7. The predicted octanol–water partition coefficient (Wildman–Crippen LogP) is 10.9. The smallest absolute Gasteiger partial charge is 0.143 e. The van der Waals surface area contributed by atoms with Crippen LogP contribution in [0.4, 0.5) is 0 Å². The third kappa shape index (κ3) is 3.41. The normalized spacial score (nSPS) is 13.4. The third-order valence-corrected chi connectivity index (χ3v) is 7.57. The van der Waals surface area contributed by atoms with E-state index in [0.717, 1.165) is 65.7 Å². The fraction of sp³-hybridized carbons (Fsp3) is 0. The van der Waals surface area contributed by atoms with Gasteiger partial charge in [0, 0.05) is 21.9 Å². The van der Waals surface area contributed by atoms with E-state index in [1.165, 1.54) is 0 Å². The van der Waals surface area contributed by atoms with Crippen molar-refractivity contribution >= 4 is 43.5 Å². The second kappa shape index (κ2) is 8.72. The molecule has 0 unspecified atom stereocenters. The lowest BCUT2D eigenvalue weighted by atomic mass is 9.85. The Morgan fingerprint density at radius 1 is 0.410 bits per heavy atom. The van der Waals surface area contributed by atoms with E-state index >= 15 is 0 Å². The van der Waals surface area contributed by atoms with Gasteiger partial charge in [0.15, 0.2) is 0 Å². The number of fused-ring (bicyclic) bond motifs is 5. The summed E-state index contributed by atoms with van der Waals surface area (Å²) in [5, 5.41) is 6.55. The monoisotopic (exact) mass is 501 g/mol. The van der Waals surface area contributed by atoms with Gasteiger partial charge in [0.25, 0.3) is 0 Å². The van der Waals surface area contributed by atoms with E-state index in [4.69, 9.17) is 11.3 Å². The SMILES string of the molecule is [2H]c1c([2H])c([2H])c(-c2ccc(-c3c4ccccc4c(-c4cccc5c4oc4ccccc45)c4ccccc34)cc2)c([2H])c1[2H]. The van der Waals surface area contributed by atoms with Gasteiger partial charge >= 0.3 is 0 Å². The molecule has 0 spiro atoms. The lowest BCUT2D eigenvalue weighted by Crippen LogP contribution is -1.91. The molecule has 0 aliphatic rings. The molecule has 0 saturated carbocycles. The summed E-state index contributed by atoms with van der Waals surface area (Å²) in [5.74, 6) is 0. The molecule has 1 heterocycles. The summed E-state index contributed by atoms with van der Waals surface area (Å²) in [5.41, 5.74) is 6.69. The Morgan fingerprint density at radius 2 is 0.949 bits per heavy atom. The van der Waals surface area contributed by atoms with Crippen molar-refractivity contribution in [1.29, 1.82) is 0 Å². The van der Waals surface area contributed by atoms with Crippen molar-refractivity contribution in [3.63, 3.8) is 0 Å². The van der Waals surface area contributed by atoms with Crippen molar-refractivity contribution in [1.82, 2.24) is 0 Å². The van der Waals surface area contributed by atoms with Crippen LogP contribution < -0.4 is 0 Å². The molecule has 0 fully saturated rings. The summed E-state index contributed by atoms with van der Waals surface area (Å²) in [4.78, 5) is 0. The fourth-order valence-electron chi connectivity index (χ4n) is 5.87. The van der Waals surface area contributed by atoms with Crippen LogP contribution in [0.2, 0.25) is 0 Å². The van der Waals surface area contributed by atoms with Crippen LogP contribution in [0.5, 0.6) is 0 Å². The first-order valence-corrected chi connectivity index (χ1v) is 13.0. The molecule has 1 heteroatoms. The standard InChI is InChI=1S/C38H24O/c1-2-11-25(12-3-1)26-21-23-27(24-22-26)36-29-14-4-6-16-31(29)37(32-17-7-5-15-30(32)36)34-19-10-18-33-28-13-8-9-20-35(28)39-38(33)34/h1-24H/i1D,2D,3D,11D,12D. The molecule has 0 atom stereocenters. The Labute approximate surface area is 233 Å². The second-order valence-corrected chi connectivity index (χ2v) is 9.70. The molecule has 0 N–H and O–H groups in total. The minimum absolute atomic E-state index is 0.201. The van der Waals surface area contributed by atoms with Gasteiger partial charge in [0.2, 0.25) is 0 Å². The highest BCUT2D eigenvalue weighted by Crippen LogP contribution is 2.46. The lowest BCUT2D eigenvalue weighted by molar-refractivity contribution is 0.670. The maximum atomic E-state index is 8.42. The van der Waals surface area contributed by atoms with Gasteiger partial charge in [-0.1, -0.05) is 139 Å². The van der Waals surface area contributed by atoms with Gasteiger partial charge in [-0.05, 0) is 49.9 Å². The van der Waals surface area contributed by atoms with Gasteiger partial charge in [-0.25, -0.2) is 0 Å². The minimum Gasteiger partial charge on any atom is -0.455 e. The van der Waals surface area contributed by atoms with E-state index in [0.29, 0.717) is 5.56 Å². The van der Waals surface area contributed by atoms with Gasteiger partial charge in [0.05, 0.1) is 6.85 Å². The Morgan fingerprint density at radius 3 is 1.62 bits per heavy atom. The highest BCUT2D eigenvalue weighted by Gasteiger charge is 2.19. The molecule has 0 aliphatic carbocycles. The highest BCUT2D eigenvalue weighted by atomic mass is 16.3. The molecule has 0 aliphatic heterocycles. The molecule has 0 radical (unpaired) electrons. The zero-order valence-corrected chi connectivity index (χ0v) is 20.9. The quantitative estimate of drug-likeness (QED) is 0.219. The van der Waals surface area contributed by atoms with Gasteiger partial charge < -0.3 is 4.42 Å². The highest BCUT2D eigenvalue weighted by molar-refractivity contribution is 6.24. The van der Waals surface area contributed by atoms with Crippen molar-refractivity contribution in [2.24, 2.45) is 0 Å². The molecular weight excluding hydrogens is 472 g/mol. The molecule has 182 valence electrons. The van der Waals surface area contributed by atoms with Gasteiger partial charge in [-0.15, -0.1) is 0 Å². The van der Waals surface area contributed by atoms with E-state index in [1.807, 2.05) is 54.6 Å². The first-order chi connectivity index (χ1) is 21.4. The van der Waals surface area contributed by atoms with E-state index in [-0.39, 0.29) is 29.7 Å². The average molecular weight is 502 g/mol. The van der Waals surface area contributed by atoms with Crippen molar-refractivity contribution in [3.05, 3.63) is 145 Å². The van der Waals surface area contributed by atoms with Crippen molar-refractivity contribution in [2.45, 2.75) is 0 Å². The molecule has 39 heavy (non-hydrogen) atoms. The summed E-state index contributed by atoms with van der Waals surface area (Å²) < 4.78 is 47.5. The molecule has 0 saturated heterocycles. The summed E-state index contributed by atoms with van der Waals surface area (Å²) in [7, 11) is 0. The van der Waals surface area contributed by atoms with E-state index < -0.39 is 6.04 Å². The molecule has 1 nitrogen and oxygen atoms in total. The Bertz CT molecular complexity index is 2350. The van der Waals surface area contributed by atoms with E-state index in [9.17, 15) is 0 Å². The number of furan rings is 1. The molecule has 0 bridgehead atoms. The fourth-order valence-corrected chi connectivity index (χ4v) is 5.87. The van der Waals surface area contributed by atoms with Crippen LogP contribution in [0.25, 0.3) is 76.9 Å². The van der Waals surface area contributed by atoms with Crippen LogP contribution >= 0.6 is 0 Å². The number of hydrogen-bond donors (Lipinski definition) is 0. The summed E-state index contributed by atoms with van der Waals surface area (Å²) in [6.07, 6.45) is 0. The minimum atomic E-state index is -0.392. The number of hydrogen-bond acceptors (Lipinski definition) is 1. The Balaban J connectivity index is 1.39.